The molecule has 1 N–H and O–H groups in total. The number of carboxylic acids is 1. The van der Waals surface area contributed by atoms with Gasteiger partial charge in [-0.25, -0.2) is 4.98 Å². The SMILES string of the molecule is CS(=O)CCn1c(SCC(=O)O)nc2cc(Cl)ccc21. The van der Waals surface area contributed by atoms with Gasteiger partial charge in [0.1, 0.15) is 0 Å². The van der Waals surface area contributed by atoms with Crippen molar-refractivity contribution in [2.24, 2.45) is 0 Å². The number of hydrogen-bond acceptors (Lipinski definition) is 4. The number of fused-ring (bicyclic) bond motifs is 1. The minimum absolute atomic E-state index is 0.0632. The van der Waals surface area contributed by atoms with Crippen LogP contribution in [0.3, 0.4) is 0 Å². The molecule has 0 saturated heterocycles. The Balaban J connectivity index is 2.39. The summed E-state index contributed by atoms with van der Waals surface area (Å²) in [5, 5.41) is 9.96. The van der Waals surface area contributed by atoms with Gasteiger partial charge in [0.15, 0.2) is 5.16 Å². The number of aromatic nitrogens is 2. The number of thioether (sulfide) groups is 1. The Bertz CT molecular complexity index is 672. The summed E-state index contributed by atoms with van der Waals surface area (Å²) < 4.78 is 13.2. The number of aliphatic carboxylic acids is 1. The lowest BCUT2D eigenvalue weighted by Crippen LogP contribution is -2.08. The minimum Gasteiger partial charge on any atom is -0.481 e. The quantitative estimate of drug-likeness (QED) is 0.821. The summed E-state index contributed by atoms with van der Waals surface area (Å²) in [4.78, 5) is 15.1. The molecule has 5 nitrogen and oxygen atoms in total. The third kappa shape index (κ3) is 3.74. The first kappa shape index (κ1) is 15.3. The highest BCUT2D eigenvalue weighted by atomic mass is 35.5. The predicted octanol–water partition coefficient (Wildman–Crippen LogP) is 2.24. The summed E-state index contributed by atoms with van der Waals surface area (Å²) in [6.07, 6.45) is 1.64. The van der Waals surface area contributed by atoms with Gasteiger partial charge in [-0.1, -0.05) is 23.4 Å². The van der Waals surface area contributed by atoms with Gasteiger partial charge >= 0.3 is 5.97 Å². The normalized spacial score (nSPS) is 12.7. The fourth-order valence-electron chi connectivity index (χ4n) is 1.75. The predicted molar refractivity (Wildman–Crippen MR) is 82.0 cm³/mol. The molecule has 108 valence electrons. The molecule has 20 heavy (non-hydrogen) atoms. The molecule has 8 heteroatoms. The summed E-state index contributed by atoms with van der Waals surface area (Å²) in [7, 11) is -0.919. The number of carbonyl (C=O) groups is 1. The zero-order valence-electron chi connectivity index (χ0n) is 10.7. The molecule has 0 spiro atoms. The van der Waals surface area contributed by atoms with Gasteiger partial charge in [0.25, 0.3) is 0 Å². The molecule has 2 rings (SSSR count). The molecule has 1 heterocycles. The van der Waals surface area contributed by atoms with Gasteiger partial charge in [0, 0.05) is 34.4 Å². The molecule has 0 fully saturated rings. The number of hydrogen-bond donors (Lipinski definition) is 1. The average Bonchev–Trinajstić information content (AvgIpc) is 2.70. The largest absolute Gasteiger partial charge is 0.481 e. The van der Waals surface area contributed by atoms with E-state index >= 15 is 0 Å². The zero-order chi connectivity index (χ0) is 14.7. The molecular weight excluding hydrogens is 320 g/mol. The highest BCUT2D eigenvalue weighted by Crippen LogP contribution is 2.26. The van der Waals surface area contributed by atoms with Gasteiger partial charge in [-0.2, -0.15) is 0 Å². The summed E-state index contributed by atoms with van der Waals surface area (Å²) in [6.45, 7) is 0.531. The maximum absolute atomic E-state index is 11.3. The lowest BCUT2D eigenvalue weighted by Gasteiger charge is -2.07. The summed E-state index contributed by atoms with van der Waals surface area (Å²) in [6, 6.07) is 5.34. The van der Waals surface area contributed by atoms with Crippen molar-refractivity contribution < 1.29 is 14.1 Å². The van der Waals surface area contributed by atoms with Crippen molar-refractivity contribution in [3.63, 3.8) is 0 Å². The zero-order valence-corrected chi connectivity index (χ0v) is 13.1. The van der Waals surface area contributed by atoms with Crippen molar-refractivity contribution in [3.05, 3.63) is 23.2 Å². The van der Waals surface area contributed by atoms with Gasteiger partial charge in [-0.15, -0.1) is 0 Å². The Hall–Kier alpha value is -1.05. The number of rotatable bonds is 6. The number of imidazole rings is 1. The van der Waals surface area contributed by atoms with Crippen molar-refractivity contribution in [1.29, 1.82) is 0 Å². The molecule has 1 aromatic carbocycles. The molecule has 0 saturated carbocycles. The fourth-order valence-corrected chi connectivity index (χ4v) is 3.12. The van der Waals surface area contributed by atoms with Crippen molar-refractivity contribution in [3.8, 4) is 0 Å². The molecule has 0 aliphatic carbocycles. The van der Waals surface area contributed by atoms with Crippen LogP contribution in [0.2, 0.25) is 5.02 Å². The average molecular weight is 333 g/mol. The van der Waals surface area contributed by atoms with E-state index in [-0.39, 0.29) is 5.75 Å². The minimum atomic E-state index is -0.919. The number of halogens is 1. The number of carboxylic acid groups (broad SMARTS) is 1. The topological polar surface area (TPSA) is 72.2 Å². The van der Waals surface area contributed by atoms with Crippen LogP contribution in [0.5, 0.6) is 0 Å². The lowest BCUT2D eigenvalue weighted by molar-refractivity contribution is -0.133. The van der Waals surface area contributed by atoms with E-state index in [0.717, 1.165) is 17.3 Å². The van der Waals surface area contributed by atoms with E-state index in [4.69, 9.17) is 16.7 Å². The number of benzene rings is 1. The summed E-state index contributed by atoms with van der Waals surface area (Å²) in [5.74, 6) is -0.466. The van der Waals surface area contributed by atoms with Gasteiger partial charge in [0.2, 0.25) is 0 Å². The molecule has 0 amide bonds. The third-order valence-corrected chi connectivity index (χ3v) is 4.56. The first-order valence-corrected chi connectivity index (χ1v) is 8.87. The van der Waals surface area contributed by atoms with Crippen LogP contribution in [-0.2, 0) is 22.1 Å². The van der Waals surface area contributed by atoms with E-state index in [0.29, 0.717) is 28.0 Å². The maximum Gasteiger partial charge on any atom is 0.313 e. The number of nitrogens with zero attached hydrogens (tertiary/aromatic N) is 2. The van der Waals surface area contributed by atoms with Crippen molar-refractivity contribution in [1.82, 2.24) is 9.55 Å². The highest BCUT2D eigenvalue weighted by Gasteiger charge is 2.13. The van der Waals surface area contributed by atoms with E-state index in [1.165, 1.54) is 0 Å². The van der Waals surface area contributed by atoms with Crippen LogP contribution in [-0.4, -0.2) is 42.6 Å². The van der Waals surface area contributed by atoms with Crippen LogP contribution in [0, 0.1) is 0 Å². The van der Waals surface area contributed by atoms with Crippen LogP contribution < -0.4 is 0 Å². The van der Waals surface area contributed by atoms with Crippen molar-refractivity contribution in [2.45, 2.75) is 11.7 Å². The Morgan fingerprint density at radius 1 is 1.55 bits per heavy atom. The molecule has 0 aliphatic heterocycles. The van der Waals surface area contributed by atoms with E-state index < -0.39 is 16.8 Å². The Morgan fingerprint density at radius 2 is 2.30 bits per heavy atom. The second kappa shape index (κ2) is 6.60. The second-order valence-electron chi connectivity index (χ2n) is 4.14. The van der Waals surface area contributed by atoms with E-state index in [9.17, 15) is 9.00 Å². The molecular formula is C12H13ClN2O3S2. The van der Waals surface area contributed by atoms with Crippen LogP contribution >= 0.6 is 23.4 Å². The highest BCUT2D eigenvalue weighted by molar-refractivity contribution is 7.99. The van der Waals surface area contributed by atoms with Gasteiger partial charge in [0.05, 0.1) is 16.8 Å². The Morgan fingerprint density at radius 3 is 2.95 bits per heavy atom. The molecule has 0 aliphatic rings. The standard InChI is InChI=1S/C12H13ClN2O3S2/c1-20(18)5-4-15-10-3-2-8(13)6-9(10)14-12(15)19-7-11(16)17/h2-3,6H,4-5,7H2,1H3,(H,16,17). The first-order chi connectivity index (χ1) is 9.47. The Kier molecular flexibility index (Phi) is 5.06. The van der Waals surface area contributed by atoms with E-state index in [2.05, 4.69) is 4.98 Å². The summed E-state index contributed by atoms with van der Waals surface area (Å²) in [5.41, 5.74) is 1.58. The third-order valence-electron chi connectivity index (χ3n) is 2.60. The van der Waals surface area contributed by atoms with Crippen LogP contribution in [0.4, 0.5) is 0 Å². The van der Waals surface area contributed by atoms with E-state index in [1.54, 1.807) is 18.4 Å². The summed E-state index contributed by atoms with van der Waals surface area (Å²) >= 11 is 7.09. The number of aryl methyl sites for hydroxylation is 1. The van der Waals surface area contributed by atoms with Gasteiger partial charge in [-0.05, 0) is 18.2 Å². The Labute approximate surface area is 127 Å². The van der Waals surface area contributed by atoms with Crippen LogP contribution in [0.15, 0.2) is 23.4 Å². The first-order valence-electron chi connectivity index (χ1n) is 5.78. The van der Waals surface area contributed by atoms with Gasteiger partial charge in [-0.3, -0.25) is 9.00 Å². The molecule has 1 atom stereocenters. The van der Waals surface area contributed by atoms with Crippen LogP contribution in [0.1, 0.15) is 0 Å². The molecule has 2 aromatic rings. The van der Waals surface area contributed by atoms with E-state index in [1.807, 2.05) is 10.6 Å². The van der Waals surface area contributed by atoms with Crippen molar-refractivity contribution in [2.75, 3.05) is 17.8 Å². The fraction of sp³-hybridized carbons (Fsp3) is 0.333. The monoisotopic (exact) mass is 332 g/mol. The lowest BCUT2D eigenvalue weighted by atomic mass is 10.3. The molecule has 0 bridgehead atoms. The second-order valence-corrected chi connectivity index (χ2v) is 7.07. The van der Waals surface area contributed by atoms with Gasteiger partial charge < -0.3 is 9.67 Å². The smallest absolute Gasteiger partial charge is 0.313 e. The van der Waals surface area contributed by atoms with Crippen LogP contribution in [0.25, 0.3) is 11.0 Å². The van der Waals surface area contributed by atoms with Crippen molar-refractivity contribution >= 4 is 51.2 Å². The molecule has 1 aromatic heterocycles. The molecule has 1 unspecified atom stereocenters. The maximum atomic E-state index is 11.3. The molecule has 0 radical (unpaired) electrons.